The van der Waals surface area contributed by atoms with E-state index < -0.39 is 88.4 Å². The van der Waals surface area contributed by atoms with Crippen LogP contribution in [-0.4, -0.2) is 155 Å². The third-order valence-electron chi connectivity index (χ3n) is 23.6. The number of carboxylic acids is 1. The fraction of sp³-hybridized carbons (Fsp3) is 0.506. The highest BCUT2D eigenvalue weighted by Crippen LogP contribution is 2.60. The molecule has 2 fully saturated rings. The molecule has 616 valence electrons. The van der Waals surface area contributed by atoms with E-state index in [2.05, 4.69) is 80.4 Å². The number of carbonyl (C=O) groups is 11. The first-order valence-electron chi connectivity index (χ1n) is 40.0. The normalized spacial score (nSPS) is 21.0. The van der Waals surface area contributed by atoms with Crippen LogP contribution in [-0.2, 0) is 104 Å². The Hall–Kier alpha value is -10.7. The van der Waals surface area contributed by atoms with Gasteiger partial charge in [0.05, 0.1) is 82.3 Å². The molecule has 115 heavy (non-hydrogen) atoms. The number of rotatable bonds is 37. The highest BCUT2D eigenvalue weighted by molar-refractivity contribution is 6.02. The van der Waals surface area contributed by atoms with Gasteiger partial charge >= 0.3 is 18.1 Å². The summed E-state index contributed by atoms with van der Waals surface area (Å²) in [4.78, 5) is 149. The van der Waals surface area contributed by atoms with Gasteiger partial charge in [0.15, 0.2) is 0 Å². The van der Waals surface area contributed by atoms with Gasteiger partial charge in [-0.1, -0.05) is 121 Å². The number of aryl methyl sites for hydroxylation is 2. The number of nitrogens with one attached hydrogen (secondary N) is 8. The van der Waals surface area contributed by atoms with Crippen LogP contribution in [0.1, 0.15) is 176 Å². The predicted octanol–water partition coefficient (Wildman–Crippen LogP) is 8.65. The van der Waals surface area contributed by atoms with E-state index in [0.717, 1.165) is 59.9 Å². The Balaban J connectivity index is 0.612. The van der Waals surface area contributed by atoms with Crippen molar-refractivity contribution in [2.45, 2.75) is 186 Å². The highest BCUT2D eigenvalue weighted by Gasteiger charge is 2.59. The molecular weight excluding hydrogens is 1470 g/mol. The third kappa shape index (κ3) is 22.4. The van der Waals surface area contributed by atoms with Crippen LogP contribution in [0.2, 0.25) is 0 Å². The summed E-state index contributed by atoms with van der Waals surface area (Å²) >= 11 is 0. The molecule has 28 heteroatoms. The minimum Gasteiger partial charge on any atom is -0.481 e. The lowest BCUT2D eigenvalue weighted by molar-refractivity contribution is -0.150. The van der Waals surface area contributed by atoms with Crippen LogP contribution in [0.25, 0.3) is 0 Å². The van der Waals surface area contributed by atoms with Gasteiger partial charge in [-0.3, -0.25) is 48.5 Å². The summed E-state index contributed by atoms with van der Waals surface area (Å²) < 4.78 is 27.8. The number of primary amides is 1. The lowest BCUT2D eigenvalue weighted by atomic mass is 9.49. The Morgan fingerprint density at radius 1 is 0.565 bits per heavy atom. The zero-order chi connectivity index (χ0) is 82.5. The topological polar surface area (TPSA) is 406 Å². The molecule has 0 saturated heterocycles. The smallest absolute Gasteiger partial charge is 0.408 e. The molecule has 13 N–H and O–H groups in total. The number of ether oxygens (including phenoxy) is 5. The van der Waals surface area contributed by atoms with E-state index in [1.807, 2.05) is 80.6 Å². The molecule has 28 nitrogen and oxygen atoms in total. The zero-order valence-corrected chi connectivity index (χ0v) is 66.7. The molecule has 5 aromatic carbocycles. The molecule has 9 atom stereocenters. The Labute approximate surface area is 671 Å². The van der Waals surface area contributed by atoms with Gasteiger partial charge in [-0.05, 0) is 181 Å². The Morgan fingerprint density at radius 2 is 1.13 bits per heavy atom. The number of carboxylic acid groups (broad SMARTS) is 1. The maximum atomic E-state index is 14.9. The number of para-hydroxylation sites is 1. The van der Waals surface area contributed by atoms with Crippen molar-refractivity contribution in [3.8, 4) is 11.8 Å². The number of nitrogens with zero attached hydrogens (tertiary/aromatic N) is 1. The van der Waals surface area contributed by atoms with Gasteiger partial charge in [0.1, 0.15) is 24.7 Å². The average molecular weight is 1580 g/mol. The fourth-order valence-corrected chi connectivity index (χ4v) is 17.5. The second-order valence-electron chi connectivity index (χ2n) is 31.9. The molecule has 0 bridgehead atoms. The summed E-state index contributed by atoms with van der Waals surface area (Å²) in [5.74, 6) is 1.01. The molecule has 5 aliphatic rings. The summed E-state index contributed by atoms with van der Waals surface area (Å²) in [5, 5.41) is 31.6. The van der Waals surface area contributed by atoms with Crippen molar-refractivity contribution in [3.63, 3.8) is 0 Å². The molecule has 1 aliphatic heterocycles. The van der Waals surface area contributed by atoms with Crippen molar-refractivity contribution < 1.29 is 81.5 Å². The molecular formula is C87H111N11O17. The zero-order valence-electron chi connectivity index (χ0n) is 66.7. The van der Waals surface area contributed by atoms with E-state index in [0.29, 0.717) is 73.6 Å². The van der Waals surface area contributed by atoms with Crippen molar-refractivity contribution in [1.82, 2.24) is 31.9 Å². The molecule has 11 amide bonds. The number of imide groups is 1. The van der Waals surface area contributed by atoms with E-state index >= 15 is 0 Å². The van der Waals surface area contributed by atoms with Gasteiger partial charge in [-0.25, -0.2) is 9.59 Å². The van der Waals surface area contributed by atoms with Crippen LogP contribution in [0.5, 0.6) is 0 Å². The first-order valence-corrected chi connectivity index (χ1v) is 40.0. The number of alkyl carbamates (subject to hydrolysis) is 1. The van der Waals surface area contributed by atoms with E-state index in [1.54, 1.807) is 36.9 Å². The van der Waals surface area contributed by atoms with Crippen LogP contribution in [0, 0.1) is 40.4 Å². The fourth-order valence-electron chi connectivity index (χ4n) is 17.5. The summed E-state index contributed by atoms with van der Waals surface area (Å²) in [7, 11) is 0. The highest BCUT2D eigenvalue weighted by atomic mass is 16.6. The molecule has 10 rings (SSSR count). The minimum atomic E-state index is -1.56. The van der Waals surface area contributed by atoms with Crippen molar-refractivity contribution in [2.75, 3.05) is 87.2 Å². The molecule has 0 radical (unpaired) electrons. The molecule has 5 aromatic rings. The maximum Gasteiger partial charge on any atom is 0.408 e. The molecule has 0 aromatic heterocycles. The van der Waals surface area contributed by atoms with Crippen LogP contribution >= 0.6 is 0 Å². The maximum absolute atomic E-state index is 14.9. The van der Waals surface area contributed by atoms with Crippen LogP contribution < -0.4 is 58.9 Å². The predicted molar refractivity (Wildman–Crippen MR) is 431 cm³/mol. The van der Waals surface area contributed by atoms with E-state index in [4.69, 9.17) is 35.2 Å². The van der Waals surface area contributed by atoms with Crippen LogP contribution in [0.3, 0.4) is 0 Å². The number of hydrogen-bond donors (Lipinski definition) is 11. The Morgan fingerprint density at radius 3 is 1.77 bits per heavy atom. The SMILES string of the molecule is CC(C)[C@H](NC(=O)CCOCCOCCOCCOCCNC(=O)CCC(=O)N1Cc2ccccc2C#Cc2ccccc21)C(=O)N[C@@H](CCCNC(N)=O)C(=O)Nc1ccc(COC(=O)N[C@@H](CC(=O)O)C(=O)Nc2ccc3c(c2)[C@@]2(C)CCC[C@](C)(C(=O)NC(=O)[C@@]4(C)CCC[C@]5(C)c6cc(N)ccc6CC[C@@H]45)[C@@H]2CC3)cc1. The average Bonchev–Trinajstić information content (AvgIpc) is 0.721. The van der Waals surface area contributed by atoms with E-state index in [1.165, 1.54) is 23.3 Å². The van der Waals surface area contributed by atoms with Crippen molar-refractivity contribution >= 4 is 88.1 Å². The van der Waals surface area contributed by atoms with Gasteiger partial charge in [0.2, 0.25) is 47.3 Å². The molecule has 2 saturated carbocycles. The van der Waals surface area contributed by atoms with E-state index in [-0.39, 0.29) is 139 Å². The Bertz CT molecular complexity index is 4430. The number of nitrogen functional groups attached to an aromatic ring is 1. The van der Waals surface area contributed by atoms with Crippen molar-refractivity contribution in [3.05, 3.63) is 154 Å². The van der Waals surface area contributed by atoms with Gasteiger partial charge in [-0.15, -0.1) is 0 Å². The lowest BCUT2D eigenvalue weighted by Gasteiger charge is -2.56. The third-order valence-corrected chi connectivity index (χ3v) is 23.6. The first-order chi connectivity index (χ1) is 55.1. The summed E-state index contributed by atoms with van der Waals surface area (Å²) in [5.41, 5.74) is 18.7. The van der Waals surface area contributed by atoms with Crippen molar-refractivity contribution in [1.29, 1.82) is 0 Å². The lowest BCUT2D eigenvalue weighted by Crippen LogP contribution is -2.60. The molecule has 0 unspecified atom stereocenters. The number of amides is 11. The summed E-state index contributed by atoms with van der Waals surface area (Å²) in [6, 6.07) is 28.5. The first kappa shape index (κ1) is 86.7. The summed E-state index contributed by atoms with van der Waals surface area (Å²) in [6.07, 6.45) is 5.94. The Kier molecular flexibility index (Phi) is 30.2. The number of fused-ring (bicyclic) bond motifs is 8. The number of nitrogens with two attached hydrogens (primary N) is 2. The monoisotopic (exact) mass is 1580 g/mol. The second kappa shape index (κ2) is 40.0. The molecule has 4 aliphatic carbocycles. The molecule has 0 spiro atoms. The molecule has 1 heterocycles. The van der Waals surface area contributed by atoms with Crippen molar-refractivity contribution in [2.24, 2.45) is 34.3 Å². The number of benzene rings is 5. The number of hydrogen-bond acceptors (Lipinski definition) is 17. The van der Waals surface area contributed by atoms with Gasteiger partial charge in [-0.2, -0.15) is 0 Å². The quantitative estimate of drug-likeness (QED) is 0.00766. The number of anilines is 4. The van der Waals surface area contributed by atoms with Gasteiger partial charge in [0, 0.05) is 60.5 Å². The number of urea groups is 1. The number of carbonyl (C=O) groups excluding carboxylic acids is 10. The van der Waals surface area contributed by atoms with E-state index in [9.17, 15) is 57.8 Å². The van der Waals surface area contributed by atoms with Crippen LogP contribution in [0.15, 0.2) is 109 Å². The minimum absolute atomic E-state index is 0.0170. The standard InChI is InChI=1S/C87H111N11O17/c1-55(2)76(96-73(100)35-42-111-44-46-113-48-49-114-47-45-112-43-41-90-72(99)33-34-74(101)98-53-61-16-8-7-14-57(61)21-22-60-15-9-10-18-69(60)98)79(106)94-67(17-11-40-91-82(89)109)77(104)92-63-28-19-56(20-29-63)54-115-83(110)95-68(52-75(102)103)78(105)93-64-30-24-59-26-32-71-85(4,66(59)51-64)37-13-39-87(71,6)81(108)97-80(107)86(5)38-12-36-84(3)65-50-62(88)27-23-58(65)25-31-70(84)86/h7-10,14-16,18-20,23-24,27-30,50-51,55,67-68,70-71,76H,11-13,17,25-26,31-49,52-54,88H2,1-6H3,(H,90,99)(H,92,104)(H,93,105)(H,94,106)(H,95,110)(H,96,100)(H,102,103)(H3,89,91,109)(H,97,107,108)/t67-,68-,70+,71+,76-,84+,85+,86-,87-/m0/s1. The number of aliphatic carboxylic acids is 1. The summed E-state index contributed by atoms with van der Waals surface area (Å²) in [6.45, 7) is 14.1. The second-order valence-corrected chi connectivity index (χ2v) is 31.9. The largest absolute Gasteiger partial charge is 0.481 e. The van der Waals surface area contributed by atoms with Crippen LogP contribution in [0.4, 0.5) is 32.3 Å². The van der Waals surface area contributed by atoms with Gasteiger partial charge < -0.3 is 82.4 Å². The van der Waals surface area contributed by atoms with Gasteiger partial charge in [0.25, 0.3) is 0 Å².